The van der Waals surface area contributed by atoms with Crippen LogP contribution in [0, 0.1) is 5.92 Å². The Morgan fingerprint density at radius 3 is 2.86 bits per heavy atom. The van der Waals surface area contributed by atoms with Crippen LogP contribution in [-0.4, -0.2) is 43.6 Å². The number of anilines is 2. The van der Waals surface area contributed by atoms with Crippen LogP contribution in [-0.2, 0) is 0 Å². The molecule has 1 aliphatic heterocycles. The lowest BCUT2D eigenvalue weighted by molar-refractivity contribution is 0.222. The van der Waals surface area contributed by atoms with Gasteiger partial charge in [-0.25, -0.2) is 4.79 Å². The van der Waals surface area contributed by atoms with Gasteiger partial charge in [0.1, 0.15) is 0 Å². The number of aromatic nitrogens is 1. The van der Waals surface area contributed by atoms with Gasteiger partial charge in [0.25, 0.3) is 0 Å². The van der Waals surface area contributed by atoms with Crippen LogP contribution in [0.2, 0.25) is 0 Å². The van der Waals surface area contributed by atoms with E-state index in [1.807, 2.05) is 13.1 Å². The van der Waals surface area contributed by atoms with Crippen molar-refractivity contribution in [2.24, 2.45) is 5.92 Å². The highest BCUT2D eigenvalue weighted by atomic mass is 16.4. The first-order chi connectivity index (χ1) is 10.0. The smallest absolute Gasteiger partial charge is 0.408 e. The zero-order valence-electron chi connectivity index (χ0n) is 12.6. The fourth-order valence-corrected chi connectivity index (χ4v) is 3.06. The van der Waals surface area contributed by atoms with Crippen LogP contribution < -0.4 is 16.4 Å². The lowest BCUT2D eigenvalue weighted by atomic mass is 9.96. The van der Waals surface area contributed by atoms with Crippen LogP contribution in [0.25, 0.3) is 11.1 Å². The molecular formula is C15H22N4O2. The molecule has 0 saturated carbocycles. The zero-order valence-corrected chi connectivity index (χ0v) is 12.6. The number of nitrogens with zero attached hydrogens (tertiary/aromatic N) is 2. The minimum absolute atomic E-state index is 0.445. The van der Waals surface area contributed by atoms with Gasteiger partial charge in [-0.15, -0.1) is 0 Å². The molecule has 2 aromatic rings. The van der Waals surface area contributed by atoms with E-state index in [0.29, 0.717) is 22.7 Å². The van der Waals surface area contributed by atoms with Crippen molar-refractivity contribution in [3.8, 4) is 0 Å². The molecule has 1 fully saturated rings. The molecule has 1 aliphatic rings. The van der Waals surface area contributed by atoms with Crippen molar-refractivity contribution < 1.29 is 4.42 Å². The summed E-state index contributed by atoms with van der Waals surface area (Å²) in [7, 11) is 4.22. The Hall–Kier alpha value is -1.95. The molecule has 1 aromatic heterocycles. The van der Waals surface area contributed by atoms with Crippen LogP contribution in [0.15, 0.2) is 21.3 Å². The number of hydrogen-bond acceptors (Lipinski definition) is 5. The van der Waals surface area contributed by atoms with Crippen LogP contribution >= 0.6 is 0 Å². The molecule has 3 N–H and O–H groups in total. The fourth-order valence-electron chi connectivity index (χ4n) is 3.06. The van der Waals surface area contributed by atoms with Crippen molar-refractivity contribution in [1.82, 2.24) is 9.88 Å². The number of H-pyrrole nitrogens is 1. The summed E-state index contributed by atoms with van der Waals surface area (Å²) in [4.78, 5) is 18.5. The van der Waals surface area contributed by atoms with E-state index < -0.39 is 5.76 Å². The number of rotatable bonds is 3. The highest BCUT2D eigenvalue weighted by Gasteiger charge is 2.19. The highest BCUT2D eigenvalue weighted by Crippen LogP contribution is 2.29. The normalized spacial score (nSPS) is 17.4. The van der Waals surface area contributed by atoms with Gasteiger partial charge in [-0.1, -0.05) is 0 Å². The number of nitrogen functional groups attached to an aromatic ring is 1. The highest BCUT2D eigenvalue weighted by molar-refractivity contribution is 5.85. The monoisotopic (exact) mass is 290 g/mol. The summed E-state index contributed by atoms with van der Waals surface area (Å²) in [6.45, 7) is 3.29. The van der Waals surface area contributed by atoms with Gasteiger partial charge in [0.15, 0.2) is 5.58 Å². The number of nitrogens with one attached hydrogen (secondary N) is 1. The maximum atomic E-state index is 11.2. The number of aromatic amines is 1. The van der Waals surface area contributed by atoms with E-state index in [0.717, 1.165) is 25.3 Å². The topological polar surface area (TPSA) is 78.5 Å². The summed E-state index contributed by atoms with van der Waals surface area (Å²) in [6, 6.07) is 3.61. The van der Waals surface area contributed by atoms with Gasteiger partial charge in [0.2, 0.25) is 0 Å². The molecule has 6 nitrogen and oxygen atoms in total. The largest absolute Gasteiger partial charge is 0.417 e. The Morgan fingerprint density at radius 2 is 2.14 bits per heavy atom. The Labute approximate surface area is 123 Å². The van der Waals surface area contributed by atoms with Gasteiger partial charge in [0, 0.05) is 19.7 Å². The van der Waals surface area contributed by atoms with Crippen LogP contribution in [0.4, 0.5) is 11.4 Å². The van der Waals surface area contributed by atoms with Crippen molar-refractivity contribution in [2.75, 3.05) is 44.4 Å². The molecule has 0 amide bonds. The predicted molar refractivity (Wildman–Crippen MR) is 84.7 cm³/mol. The average molecular weight is 290 g/mol. The molecule has 0 unspecified atom stereocenters. The van der Waals surface area contributed by atoms with E-state index in [1.54, 1.807) is 6.07 Å². The summed E-state index contributed by atoms with van der Waals surface area (Å²) in [6.07, 6.45) is 2.43. The van der Waals surface area contributed by atoms with Gasteiger partial charge >= 0.3 is 5.76 Å². The fraction of sp³-hybridized carbons (Fsp3) is 0.533. The van der Waals surface area contributed by atoms with Crippen LogP contribution in [0.5, 0.6) is 0 Å². The quantitative estimate of drug-likeness (QED) is 0.837. The van der Waals surface area contributed by atoms with E-state index in [-0.39, 0.29) is 0 Å². The van der Waals surface area contributed by atoms with E-state index in [4.69, 9.17) is 10.2 Å². The number of nitrogens with two attached hydrogens (primary N) is 1. The molecule has 0 aliphatic carbocycles. The molecular weight excluding hydrogens is 268 g/mol. The molecule has 0 bridgehead atoms. The van der Waals surface area contributed by atoms with Crippen molar-refractivity contribution in [2.45, 2.75) is 12.8 Å². The number of benzene rings is 1. The van der Waals surface area contributed by atoms with Gasteiger partial charge in [-0.2, -0.15) is 0 Å². The number of piperidine rings is 1. The first-order valence-electron chi connectivity index (χ1n) is 7.35. The van der Waals surface area contributed by atoms with Gasteiger partial charge in [-0.05, 0) is 45.0 Å². The third-order valence-corrected chi connectivity index (χ3v) is 4.35. The molecule has 21 heavy (non-hydrogen) atoms. The van der Waals surface area contributed by atoms with E-state index in [9.17, 15) is 4.79 Å². The van der Waals surface area contributed by atoms with Crippen LogP contribution in [0.1, 0.15) is 12.8 Å². The predicted octanol–water partition coefficient (Wildman–Crippen LogP) is 1.48. The third kappa shape index (κ3) is 2.90. The van der Waals surface area contributed by atoms with Gasteiger partial charge in [-0.3, -0.25) is 4.98 Å². The van der Waals surface area contributed by atoms with Crippen molar-refractivity contribution in [3.05, 3.63) is 22.7 Å². The maximum Gasteiger partial charge on any atom is 0.417 e. The number of hydrogen-bond donors (Lipinski definition) is 2. The number of fused-ring (bicyclic) bond motifs is 1. The van der Waals surface area contributed by atoms with Gasteiger partial charge in [0.05, 0.1) is 16.9 Å². The minimum Gasteiger partial charge on any atom is -0.408 e. The molecule has 114 valence electrons. The Morgan fingerprint density at radius 1 is 1.43 bits per heavy atom. The first kappa shape index (κ1) is 14.0. The Balaban J connectivity index is 1.78. The van der Waals surface area contributed by atoms with Gasteiger partial charge < -0.3 is 20.0 Å². The summed E-state index contributed by atoms with van der Waals surface area (Å²) in [5.41, 5.74) is 8.88. The number of likely N-dealkylation sites (tertiary alicyclic amines) is 1. The molecule has 3 rings (SSSR count). The first-order valence-corrected chi connectivity index (χ1v) is 7.35. The standard InChI is InChI=1S/C15H22N4O2/c1-18-5-3-10(4-6-18)9-19(2)13-8-12-14(7-11(13)16)21-15(20)17-12/h7-8,10H,3-6,9,16H2,1-2H3,(H,17,20). The number of oxazole rings is 1. The second-order valence-electron chi connectivity index (χ2n) is 6.05. The summed E-state index contributed by atoms with van der Waals surface area (Å²) in [5.74, 6) is 0.240. The van der Waals surface area contributed by atoms with Crippen molar-refractivity contribution >= 4 is 22.5 Å². The Kier molecular flexibility index (Phi) is 3.63. The molecule has 0 radical (unpaired) electrons. The molecule has 0 atom stereocenters. The lowest BCUT2D eigenvalue weighted by Gasteiger charge is -2.32. The van der Waals surface area contributed by atoms with Crippen molar-refractivity contribution in [1.29, 1.82) is 0 Å². The van der Waals surface area contributed by atoms with E-state index >= 15 is 0 Å². The Bertz CT molecular complexity index is 683. The molecule has 1 aromatic carbocycles. The van der Waals surface area contributed by atoms with Crippen LogP contribution in [0.3, 0.4) is 0 Å². The zero-order chi connectivity index (χ0) is 15.0. The average Bonchev–Trinajstić information content (AvgIpc) is 2.79. The summed E-state index contributed by atoms with van der Waals surface area (Å²) in [5, 5.41) is 0. The second kappa shape index (κ2) is 5.44. The van der Waals surface area contributed by atoms with E-state index in [2.05, 4.69) is 21.8 Å². The molecule has 1 saturated heterocycles. The molecule has 2 heterocycles. The van der Waals surface area contributed by atoms with Crippen molar-refractivity contribution in [3.63, 3.8) is 0 Å². The molecule has 0 spiro atoms. The summed E-state index contributed by atoms with van der Waals surface area (Å²) >= 11 is 0. The second-order valence-corrected chi connectivity index (χ2v) is 6.05. The maximum absolute atomic E-state index is 11.2. The SMILES string of the molecule is CN1CCC(CN(C)c2cc3[nH]c(=O)oc3cc2N)CC1. The lowest BCUT2D eigenvalue weighted by Crippen LogP contribution is -2.35. The van der Waals surface area contributed by atoms with E-state index in [1.165, 1.54) is 12.8 Å². The third-order valence-electron chi connectivity index (χ3n) is 4.35. The minimum atomic E-state index is -0.445. The summed E-state index contributed by atoms with van der Waals surface area (Å²) < 4.78 is 5.03. The molecule has 6 heteroatoms.